The molecular formula is C15H10BrN3O4. The number of pyridine rings is 1. The number of aromatic nitrogens is 3. The topological polar surface area (TPSA) is 98.3 Å². The van der Waals surface area contributed by atoms with Crippen molar-refractivity contribution in [3.05, 3.63) is 47.1 Å². The monoisotopic (exact) mass is 375 g/mol. The molecule has 0 atom stereocenters. The van der Waals surface area contributed by atoms with E-state index in [2.05, 4.69) is 31.1 Å². The van der Waals surface area contributed by atoms with Gasteiger partial charge in [-0.05, 0) is 30.3 Å². The Kier molecular flexibility index (Phi) is 4.33. The molecule has 0 amide bonds. The number of hydrogen-bond donors (Lipinski definition) is 1. The highest BCUT2D eigenvalue weighted by atomic mass is 79.9. The van der Waals surface area contributed by atoms with Crippen molar-refractivity contribution < 1.29 is 19.2 Å². The number of hydrogen-bond acceptors (Lipinski definition) is 6. The SMILES string of the molecule is O=C(O)COc1ccc(Br)cc1-c1nc(-c2ccccn2)no1. The van der Waals surface area contributed by atoms with Gasteiger partial charge in [-0.1, -0.05) is 27.2 Å². The van der Waals surface area contributed by atoms with Crippen molar-refractivity contribution in [1.29, 1.82) is 0 Å². The van der Waals surface area contributed by atoms with Gasteiger partial charge in [-0.2, -0.15) is 4.98 Å². The molecule has 0 fully saturated rings. The highest BCUT2D eigenvalue weighted by Crippen LogP contribution is 2.32. The number of aliphatic carboxylic acids is 1. The summed E-state index contributed by atoms with van der Waals surface area (Å²) in [7, 11) is 0. The number of halogens is 1. The Bertz CT molecular complexity index is 836. The van der Waals surface area contributed by atoms with Crippen LogP contribution in [-0.4, -0.2) is 32.8 Å². The molecule has 3 rings (SSSR count). The molecule has 1 aromatic carbocycles. The molecular weight excluding hydrogens is 366 g/mol. The van der Waals surface area contributed by atoms with Crippen molar-refractivity contribution in [3.8, 4) is 28.7 Å². The summed E-state index contributed by atoms with van der Waals surface area (Å²) >= 11 is 3.35. The number of ether oxygens (including phenoxy) is 1. The van der Waals surface area contributed by atoms with Gasteiger partial charge in [-0.25, -0.2) is 4.79 Å². The number of benzene rings is 1. The van der Waals surface area contributed by atoms with Crippen molar-refractivity contribution >= 4 is 21.9 Å². The van der Waals surface area contributed by atoms with Crippen molar-refractivity contribution in [2.45, 2.75) is 0 Å². The van der Waals surface area contributed by atoms with Crippen LogP contribution >= 0.6 is 15.9 Å². The molecule has 0 saturated heterocycles. The molecule has 0 aliphatic rings. The molecule has 2 heterocycles. The lowest BCUT2D eigenvalue weighted by Gasteiger charge is -2.07. The van der Waals surface area contributed by atoms with Gasteiger partial charge in [0.1, 0.15) is 11.4 Å². The summed E-state index contributed by atoms with van der Waals surface area (Å²) in [5, 5.41) is 12.6. The molecule has 0 aliphatic carbocycles. The Morgan fingerprint density at radius 2 is 2.17 bits per heavy atom. The minimum Gasteiger partial charge on any atom is -0.481 e. The zero-order valence-electron chi connectivity index (χ0n) is 11.6. The first-order chi connectivity index (χ1) is 11.1. The average Bonchev–Trinajstić information content (AvgIpc) is 3.04. The first-order valence-corrected chi connectivity index (χ1v) is 7.32. The normalized spacial score (nSPS) is 10.5. The van der Waals surface area contributed by atoms with Crippen LogP contribution in [0.15, 0.2) is 51.6 Å². The molecule has 8 heteroatoms. The van der Waals surface area contributed by atoms with Gasteiger partial charge in [-0.3, -0.25) is 4.98 Å². The van der Waals surface area contributed by atoms with Crippen molar-refractivity contribution in [2.24, 2.45) is 0 Å². The van der Waals surface area contributed by atoms with Crippen LogP contribution in [0.3, 0.4) is 0 Å². The van der Waals surface area contributed by atoms with E-state index in [4.69, 9.17) is 14.4 Å². The Balaban J connectivity index is 1.96. The predicted molar refractivity (Wildman–Crippen MR) is 83.8 cm³/mol. The summed E-state index contributed by atoms with van der Waals surface area (Å²) in [5.41, 5.74) is 1.07. The Hall–Kier alpha value is -2.74. The van der Waals surface area contributed by atoms with E-state index in [0.29, 0.717) is 22.8 Å². The average molecular weight is 376 g/mol. The van der Waals surface area contributed by atoms with Gasteiger partial charge in [-0.15, -0.1) is 0 Å². The van der Waals surface area contributed by atoms with E-state index in [1.807, 2.05) is 6.07 Å². The maximum absolute atomic E-state index is 10.7. The van der Waals surface area contributed by atoms with E-state index >= 15 is 0 Å². The fraction of sp³-hybridized carbons (Fsp3) is 0.0667. The quantitative estimate of drug-likeness (QED) is 0.731. The highest BCUT2D eigenvalue weighted by Gasteiger charge is 2.16. The maximum Gasteiger partial charge on any atom is 0.341 e. The van der Waals surface area contributed by atoms with Crippen molar-refractivity contribution in [2.75, 3.05) is 6.61 Å². The van der Waals surface area contributed by atoms with Crippen LogP contribution in [0.5, 0.6) is 5.75 Å². The Morgan fingerprint density at radius 1 is 1.30 bits per heavy atom. The van der Waals surface area contributed by atoms with E-state index < -0.39 is 12.6 Å². The number of rotatable bonds is 5. The summed E-state index contributed by atoms with van der Waals surface area (Å²) in [6.45, 7) is -0.462. The number of carbonyl (C=O) groups is 1. The zero-order chi connectivity index (χ0) is 16.2. The lowest BCUT2D eigenvalue weighted by molar-refractivity contribution is -0.139. The molecule has 0 spiro atoms. The molecule has 116 valence electrons. The van der Waals surface area contributed by atoms with Gasteiger partial charge >= 0.3 is 5.97 Å². The molecule has 0 unspecified atom stereocenters. The largest absolute Gasteiger partial charge is 0.481 e. The minimum atomic E-state index is -1.07. The van der Waals surface area contributed by atoms with Gasteiger partial charge in [0.15, 0.2) is 6.61 Å². The number of carboxylic acids is 1. The van der Waals surface area contributed by atoms with Crippen LogP contribution in [0, 0.1) is 0 Å². The Labute approximate surface area is 139 Å². The van der Waals surface area contributed by atoms with Crippen molar-refractivity contribution in [3.63, 3.8) is 0 Å². The third kappa shape index (κ3) is 3.54. The molecule has 7 nitrogen and oxygen atoms in total. The molecule has 23 heavy (non-hydrogen) atoms. The third-order valence-corrected chi connectivity index (χ3v) is 3.34. The van der Waals surface area contributed by atoms with Gasteiger partial charge in [0.05, 0.1) is 5.56 Å². The first kappa shape index (κ1) is 15.2. The number of carboxylic acid groups (broad SMARTS) is 1. The summed E-state index contributed by atoms with van der Waals surface area (Å²) in [6.07, 6.45) is 1.63. The van der Waals surface area contributed by atoms with E-state index in [1.165, 1.54) is 0 Å². The maximum atomic E-state index is 10.7. The molecule has 1 N–H and O–H groups in total. The van der Waals surface area contributed by atoms with E-state index in [9.17, 15) is 4.79 Å². The van der Waals surface area contributed by atoms with Crippen molar-refractivity contribution in [1.82, 2.24) is 15.1 Å². The molecule has 0 saturated carbocycles. The fourth-order valence-electron chi connectivity index (χ4n) is 1.87. The van der Waals surface area contributed by atoms with Crippen LogP contribution in [-0.2, 0) is 4.79 Å². The van der Waals surface area contributed by atoms with E-state index in [1.54, 1.807) is 36.5 Å². The second kappa shape index (κ2) is 6.57. The van der Waals surface area contributed by atoms with E-state index in [-0.39, 0.29) is 5.89 Å². The summed E-state index contributed by atoms with van der Waals surface area (Å²) in [6, 6.07) is 10.4. The second-order valence-corrected chi connectivity index (χ2v) is 5.38. The highest BCUT2D eigenvalue weighted by molar-refractivity contribution is 9.10. The molecule has 3 aromatic rings. The molecule has 0 bridgehead atoms. The zero-order valence-corrected chi connectivity index (χ0v) is 13.2. The van der Waals surface area contributed by atoms with Gasteiger partial charge in [0.25, 0.3) is 5.89 Å². The smallest absolute Gasteiger partial charge is 0.341 e. The fourth-order valence-corrected chi connectivity index (χ4v) is 2.23. The second-order valence-electron chi connectivity index (χ2n) is 4.46. The van der Waals surface area contributed by atoms with Gasteiger partial charge < -0.3 is 14.4 Å². The van der Waals surface area contributed by atoms with Gasteiger partial charge in [0, 0.05) is 10.7 Å². The molecule has 0 aliphatic heterocycles. The van der Waals surface area contributed by atoms with Crippen LogP contribution in [0.25, 0.3) is 23.0 Å². The first-order valence-electron chi connectivity index (χ1n) is 6.53. The van der Waals surface area contributed by atoms with Crippen LogP contribution in [0.2, 0.25) is 0 Å². The van der Waals surface area contributed by atoms with Crippen LogP contribution < -0.4 is 4.74 Å². The lowest BCUT2D eigenvalue weighted by atomic mass is 10.2. The summed E-state index contributed by atoms with van der Waals surface area (Å²) in [5.74, 6) is -0.178. The minimum absolute atomic E-state index is 0.215. The van der Waals surface area contributed by atoms with Crippen LogP contribution in [0.4, 0.5) is 0 Å². The Morgan fingerprint density at radius 3 is 2.91 bits per heavy atom. The van der Waals surface area contributed by atoms with Crippen LogP contribution in [0.1, 0.15) is 0 Å². The van der Waals surface area contributed by atoms with E-state index in [0.717, 1.165) is 4.47 Å². The summed E-state index contributed by atoms with van der Waals surface area (Å²) < 4.78 is 11.3. The predicted octanol–water partition coefficient (Wildman–Crippen LogP) is 3.02. The molecule has 0 radical (unpaired) electrons. The number of nitrogens with zero attached hydrogens (tertiary/aromatic N) is 3. The standard InChI is InChI=1S/C15H10BrN3O4/c16-9-4-5-12(22-8-13(20)21)10(7-9)15-18-14(19-23-15)11-3-1-2-6-17-11/h1-7H,8H2,(H,20,21). The van der Waals surface area contributed by atoms with Gasteiger partial charge in [0.2, 0.25) is 5.82 Å². The molecule has 2 aromatic heterocycles. The summed E-state index contributed by atoms with van der Waals surface area (Å²) in [4.78, 5) is 19.1. The third-order valence-electron chi connectivity index (χ3n) is 2.84. The lowest BCUT2D eigenvalue weighted by Crippen LogP contribution is -2.10.